The van der Waals surface area contributed by atoms with E-state index in [1.807, 2.05) is 54.1 Å². The highest BCUT2D eigenvalue weighted by atomic mass is 79.9. The van der Waals surface area contributed by atoms with Crippen molar-refractivity contribution in [2.45, 2.75) is 19.6 Å². The van der Waals surface area contributed by atoms with Gasteiger partial charge in [-0.15, -0.1) is 0 Å². The topological polar surface area (TPSA) is 17.8 Å². The van der Waals surface area contributed by atoms with Gasteiger partial charge in [0.15, 0.2) is 0 Å². The summed E-state index contributed by atoms with van der Waals surface area (Å²) >= 11 is 3.40. The number of benzene rings is 2. The third-order valence-electron chi connectivity index (χ3n) is 3.95. The number of hydrogen-bond donors (Lipinski definition) is 0. The lowest BCUT2D eigenvalue weighted by Gasteiger charge is -2.06. The Morgan fingerprint density at radius 1 is 1.00 bits per heavy atom. The van der Waals surface area contributed by atoms with E-state index in [0.29, 0.717) is 17.8 Å². The van der Waals surface area contributed by atoms with Gasteiger partial charge in [0.05, 0.1) is 11.3 Å². The molecule has 2 nitrogen and oxygen atoms in total. The lowest BCUT2D eigenvalue weighted by molar-refractivity contribution is -0.137. The van der Waals surface area contributed by atoms with E-state index in [2.05, 4.69) is 20.9 Å². The van der Waals surface area contributed by atoms with Crippen LogP contribution in [-0.4, -0.2) is 9.55 Å². The molecule has 26 heavy (non-hydrogen) atoms. The summed E-state index contributed by atoms with van der Waals surface area (Å²) < 4.78 is 41.1. The minimum atomic E-state index is -4.33. The molecule has 0 atom stereocenters. The maximum Gasteiger partial charge on any atom is 0.416 e. The Bertz CT molecular complexity index is 908. The summed E-state index contributed by atoms with van der Waals surface area (Å²) in [6, 6.07) is 12.9. The second-order valence-electron chi connectivity index (χ2n) is 5.73. The number of halogens is 4. The van der Waals surface area contributed by atoms with E-state index in [0.717, 1.165) is 28.0 Å². The van der Waals surface area contributed by atoms with Crippen molar-refractivity contribution in [2.24, 2.45) is 0 Å². The summed E-state index contributed by atoms with van der Waals surface area (Å²) in [6.07, 6.45) is 1.38. The summed E-state index contributed by atoms with van der Waals surface area (Å²) in [5.74, 6) is 0.755. The van der Waals surface area contributed by atoms with E-state index >= 15 is 0 Å². The number of rotatable bonds is 4. The molecular formula is C20H16BrF3N2. The van der Waals surface area contributed by atoms with Crippen molar-refractivity contribution in [3.8, 4) is 11.3 Å². The predicted molar refractivity (Wildman–Crippen MR) is 101 cm³/mol. The molecule has 0 aliphatic carbocycles. The zero-order valence-corrected chi connectivity index (χ0v) is 15.6. The Kier molecular flexibility index (Phi) is 5.32. The first-order chi connectivity index (χ1) is 12.4. The molecule has 0 amide bonds. The number of aryl methyl sites for hydroxylation is 1. The van der Waals surface area contributed by atoms with Gasteiger partial charge in [0, 0.05) is 22.8 Å². The highest BCUT2D eigenvalue weighted by molar-refractivity contribution is 9.10. The first-order valence-corrected chi connectivity index (χ1v) is 8.84. The molecule has 0 fully saturated rings. The average molecular weight is 421 g/mol. The van der Waals surface area contributed by atoms with Gasteiger partial charge in [-0.1, -0.05) is 46.3 Å². The first kappa shape index (κ1) is 18.5. The summed E-state index contributed by atoms with van der Waals surface area (Å²) in [7, 11) is 0. The summed E-state index contributed by atoms with van der Waals surface area (Å²) in [4.78, 5) is 4.56. The van der Waals surface area contributed by atoms with E-state index in [9.17, 15) is 13.2 Å². The second-order valence-corrected chi connectivity index (χ2v) is 6.65. The molecule has 0 aliphatic heterocycles. The SMILES string of the molecule is CCn1cc(-c2ccc(C(F)(F)F)cc2)nc1C=Cc1ccc(Br)cc1. The van der Waals surface area contributed by atoms with Crippen LogP contribution in [0.1, 0.15) is 23.9 Å². The zero-order chi connectivity index (χ0) is 18.7. The second kappa shape index (κ2) is 7.50. The van der Waals surface area contributed by atoms with E-state index in [1.165, 1.54) is 12.1 Å². The molecule has 0 spiro atoms. The fourth-order valence-electron chi connectivity index (χ4n) is 2.53. The monoisotopic (exact) mass is 420 g/mol. The van der Waals surface area contributed by atoms with Crippen molar-refractivity contribution < 1.29 is 13.2 Å². The van der Waals surface area contributed by atoms with Crippen molar-refractivity contribution in [3.63, 3.8) is 0 Å². The third kappa shape index (κ3) is 4.25. The Morgan fingerprint density at radius 3 is 2.23 bits per heavy atom. The van der Waals surface area contributed by atoms with Gasteiger partial charge in [0.1, 0.15) is 5.82 Å². The van der Waals surface area contributed by atoms with Crippen LogP contribution >= 0.6 is 15.9 Å². The van der Waals surface area contributed by atoms with Crippen molar-refractivity contribution in [2.75, 3.05) is 0 Å². The lowest BCUT2D eigenvalue weighted by atomic mass is 10.1. The molecule has 1 heterocycles. The van der Waals surface area contributed by atoms with E-state index < -0.39 is 11.7 Å². The quantitative estimate of drug-likeness (QED) is 0.469. The van der Waals surface area contributed by atoms with Crippen molar-refractivity contribution >= 4 is 28.1 Å². The molecule has 0 unspecified atom stereocenters. The highest BCUT2D eigenvalue weighted by Gasteiger charge is 2.30. The van der Waals surface area contributed by atoms with Gasteiger partial charge in [-0.3, -0.25) is 0 Å². The molecule has 3 rings (SSSR count). The molecule has 2 aromatic carbocycles. The summed E-state index contributed by atoms with van der Waals surface area (Å²) in [6.45, 7) is 2.71. The van der Waals surface area contributed by atoms with Crippen LogP contribution in [0.2, 0.25) is 0 Å². The predicted octanol–water partition coefficient (Wildman–Crippen LogP) is 6.52. The van der Waals surface area contributed by atoms with E-state index in [1.54, 1.807) is 0 Å². The molecule has 6 heteroatoms. The molecule has 1 aromatic heterocycles. The van der Waals surface area contributed by atoms with Gasteiger partial charge in [0.25, 0.3) is 0 Å². The lowest BCUT2D eigenvalue weighted by Crippen LogP contribution is -2.03. The van der Waals surface area contributed by atoms with Gasteiger partial charge in [-0.2, -0.15) is 13.2 Å². The third-order valence-corrected chi connectivity index (χ3v) is 4.48. The van der Waals surface area contributed by atoms with Crippen molar-refractivity contribution in [3.05, 3.63) is 76.2 Å². The fraction of sp³-hybridized carbons (Fsp3) is 0.150. The Morgan fingerprint density at radius 2 is 1.65 bits per heavy atom. The molecule has 3 aromatic rings. The number of nitrogens with zero attached hydrogens (tertiary/aromatic N) is 2. The van der Waals surface area contributed by atoms with Crippen LogP contribution < -0.4 is 0 Å². The van der Waals surface area contributed by atoms with Gasteiger partial charge in [0.2, 0.25) is 0 Å². The average Bonchev–Trinajstić information content (AvgIpc) is 3.04. The zero-order valence-electron chi connectivity index (χ0n) is 14.0. The van der Waals surface area contributed by atoms with Crippen LogP contribution in [0.5, 0.6) is 0 Å². The largest absolute Gasteiger partial charge is 0.416 e. The van der Waals surface area contributed by atoms with Crippen LogP contribution in [0.3, 0.4) is 0 Å². The smallest absolute Gasteiger partial charge is 0.331 e. The molecule has 0 saturated carbocycles. The van der Waals surface area contributed by atoms with Crippen LogP contribution in [0, 0.1) is 0 Å². The first-order valence-electron chi connectivity index (χ1n) is 8.05. The Balaban J connectivity index is 1.87. The Labute approximate surface area is 158 Å². The van der Waals surface area contributed by atoms with Crippen molar-refractivity contribution in [1.29, 1.82) is 0 Å². The normalized spacial score (nSPS) is 12.0. The maximum absolute atomic E-state index is 12.7. The molecular weight excluding hydrogens is 405 g/mol. The standard InChI is InChI=1S/C20H16BrF3N2/c1-2-26-13-18(15-6-8-16(9-7-15)20(22,23)24)25-19(26)12-5-14-3-10-17(21)11-4-14/h3-13H,2H2,1H3. The Hall–Kier alpha value is -2.34. The fourth-order valence-corrected chi connectivity index (χ4v) is 2.79. The maximum atomic E-state index is 12.7. The van der Waals surface area contributed by atoms with E-state index in [4.69, 9.17) is 0 Å². The number of hydrogen-bond acceptors (Lipinski definition) is 1. The van der Waals surface area contributed by atoms with Gasteiger partial charge < -0.3 is 4.57 Å². The molecule has 0 N–H and O–H groups in total. The molecule has 0 bridgehead atoms. The van der Waals surface area contributed by atoms with Crippen LogP contribution in [0.25, 0.3) is 23.4 Å². The number of alkyl halides is 3. The van der Waals surface area contributed by atoms with Crippen LogP contribution in [0.4, 0.5) is 13.2 Å². The molecule has 0 saturated heterocycles. The molecule has 134 valence electrons. The van der Waals surface area contributed by atoms with Gasteiger partial charge in [-0.25, -0.2) is 4.98 Å². The number of aromatic nitrogens is 2. The van der Waals surface area contributed by atoms with Crippen LogP contribution in [-0.2, 0) is 12.7 Å². The highest BCUT2D eigenvalue weighted by Crippen LogP contribution is 2.31. The molecule has 0 radical (unpaired) electrons. The van der Waals surface area contributed by atoms with Crippen LogP contribution in [0.15, 0.2) is 59.2 Å². The van der Waals surface area contributed by atoms with Gasteiger partial charge in [-0.05, 0) is 42.8 Å². The summed E-state index contributed by atoms with van der Waals surface area (Å²) in [5, 5.41) is 0. The minimum absolute atomic E-state index is 0.649. The van der Waals surface area contributed by atoms with Crippen molar-refractivity contribution in [1.82, 2.24) is 9.55 Å². The van der Waals surface area contributed by atoms with E-state index in [-0.39, 0.29) is 0 Å². The van der Waals surface area contributed by atoms with Gasteiger partial charge >= 0.3 is 6.18 Å². The summed E-state index contributed by atoms with van der Waals surface area (Å²) in [5.41, 5.74) is 1.68. The minimum Gasteiger partial charge on any atom is -0.331 e. The molecule has 0 aliphatic rings. The number of imidazole rings is 1.